The van der Waals surface area contributed by atoms with Crippen LogP contribution in [0.3, 0.4) is 0 Å². The molecular weight excluding hydrogens is 281 g/mol. The van der Waals surface area contributed by atoms with E-state index in [4.69, 9.17) is 5.73 Å². The minimum absolute atomic E-state index is 0.0297. The van der Waals surface area contributed by atoms with Crippen molar-refractivity contribution in [2.45, 2.75) is 18.6 Å². The fraction of sp³-hybridized carbons (Fsp3) is 0.267. The topological polar surface area (TPSA) is 55.1 Å². The maximum atomic E-state index is 12.2. The molecule has 2 aromatic rings. The van der Waals surface area contributed by atoms with Crippen LogP contribution in [-0.2, 0) is 4.79 Å². The van der Waals surface area contributed by atoms with Crippen LogP contribution in [0, 0.1) is 0 Å². The third-order valence-corrected chi connectivity index (χ3v) is 3.11. The van der Waals surface area contributed by atoms with E-state index in [0.717, 1.165) is 10.8 Å². The van der Waals surface area contributed by atoms with Gasteiger partial charge in [0.25, 0.3) is 0 Å². The van der Waals surface area contributed by atoms with E-state index in [9.17, 15) is 18.0 Å². The van der Waals surface area contributed by atoms with Crippen molar-refractivity contribution in [3.63, 3.8) is 0 Å². The van der Waals surface area contributed by atoms with Crippen LogP contribution < -0.4 is 11.1 Å². The second-order valence-electron chi connectivity index (χ2n) is 4.75. The SMILES string of the molecule is NCC(NC(=O)CC(F)(F)F)c1ccc2ccccc2c1. The summed E-state index contributed by atoms with van der Waals surface area (Å²) in [4.78, 5) is 11.4. The van der Waals surface area contributed by atoms with E-state index in [0.29, 0.717) is 5.56 Å². The first-order chi connectivity index (χ1) is 9.89. The van der Waals surface area contributed by atoms with Gasteiger partial charge in [-0.25, -0.2) is 0 Å². The van der Waals surface area contributed by atoms with Crippen molar-refractivity contribution in [2.24, 2.45) is 5.73 Å². The number of hydrogen-bond acceptors (Lipinski definition) is 2. The average molecular weight is 296 g/mol. The third kappa shape index (κ3) is 4.19. The molecule has 0 radical (unpaired) electrons. The maximum Gasteiger partial charge on any atom is 0.397 e. The number of nitrogens with two attached hydrogens (primary N) is 1. The van der Waals surface area contributed by atoms with Crippen LogP contribution in [0.4, 0.5) is 13.2 Å². The standard InChI is InChI=1S/C15H15F3N2O/c16-15(17,18)8-14(21)20-13(9-19)12-6-5-10-3-1-2-4-11(10)7-12/h1-7,13H,8-9,19H2,(H,20,21). The Hall–Kier alpha value is -2.08. The number of carbonyl (C=O) groups excluding carboxylic acids is 1. The van der Waals surface area contributed by atoms with Gasteiger partial charge in [0.05, 0.1) is 6.04 Å². The van der Waals surface area contributed by atoms with Gasteiger partial charge in [0.15, 0.2) is 0 Å². The summed E-state index contributed by atoms with van der Waals surface area (Å²) in [7, 11) is 0. The number of nitrogens with one attached hydrogen (secondary N) is 1. The van der Waals surface area contributed by atoms with E-state index in [1.807, 2.05) is 36.4 Å². The zero-order chi connectivity index (χ0) is 15.5. The molecule has 6 heteroatoms. The van der Waals surface area contributed by atoms with Gasteiger partial charge in [-0.05, 0) is 22.4 Å². The molecule has 112 valence electrons. The van der Waals surface area contributed by atoms with Gasteiger partial charge >= 0.3 is 6.18 Å². The first kappa shape index (κ1) is 15.3. The van der Waals surface area contributed by atoms with E-state index in [1.54, 1.807) is 6.07 Å². The van der Waals surface area contributed by atoms with Gasteiger partial charge < -0.3 is 11.1 Å². The molecule has 2 rings (SSSR count). The van der Waals surface area contributed by atoms with Crippen molar-refractivity contribution in [1.29, 1.82) is 0 Å². The van der Waals surface area contributed by atoms with E-state index in [1.165, 1.54) is 0 Å². The van der Waals surface area contributed by atoms with Gasteiger partial charge in [0.2, 0.25) is 5.91 Å². The molecule has 0 bridgehead atoms. The Kier molecular flexibility index (Phi) is 4.47. The lowest BCUT2D eigenvalue weighted by atomic mass is 10.0. The molecule has 0 saturated heterocycles. The first-order valence-corrected chi connectivity index (χ1v) is 6.44. The molecule has 2 aromatic carbocycles. The Morgan fingerprint density at radius 1 is 1.14 bits per heavy atom. The van der Waals surface area contributed by atoms with Crippen molar-refractivity contribution in [3.8, 4) is 0 Å². The fourth-order valence-electron chi connectivity index (χ4n) is 2.13. The zero-order valence-corrected chi connectivity index (χ0v) is 11.2. The predicted molar refractivity (Wildman–Crippen MR) is 74.6 cm³/mol. The number of carbonyl (C=O) groups is 1. The van der Waals surface area contributed by atoms with Crippen molar-refractivity contribution in [2.75, 3.05) is 6.54 Å². The van der Waals surface area contributed by atoms with Gasteiger partial charge in [0.1, 0.15) is 6.42 Å². The number of halogens is 3. The molecule has 21 heavy (non-hydrogen) atoms. The highest BCUT2D eigenvalue weighted by atomic mass is 19.4. The molecule has 3 nitrogen and oxygen atoms in total. The zero-order valence-electron chi connectivity index (χ0n) is 11.2. The van der Waals surface area contributed by atoms with Gasteiger partial charge in [0, 0.05) is 6.54 Å². The highest BCUT2D eigenvalue weighted by Crippen LogP contribution is 2.22. The molecule has 0 spiro atoms. The molecule has 3 N–H and O–H groups in total. The van der Waals surface area contributed by atoms with Crippen LogP contribution in [0.15, 0.2) is 42.5 Å². The Labute approximate surface area is 119 Å². The number of benzene rings is 2. The molecule has 0 aliphatic heterocycles. The predicted octanol–water partition coefficient (Wildman–Crippen LogP) is 2.91. The highest BCUT2D eigenvalue weighted by Gasteiger charge is 2.31. The van der Waals surface area contributed by atoms with Gasteiger partial charge in [-0.3, -0.25) is 4.79 Å². The van der Waals surface area contributed by atoms with Crippen molar-refractivity contribution >= 4 is 16.7 Å². The molecule has 1 unspecified atom stereocenters. The van der Waals surface area contributed by atoms with Crippen LogP contribution in [0.5, 0.6) is 0 Å². The number of hydrogen-bond donors (Lipinski definition) is 2. The van der Waals surface area contributed by atoms with Crippen LogP contribution in [0.25, 0.3) is 10.8 Å². The lowest BCUT2D eigenvalue weighted by molar-refractivity contribution is -0.154. The Morgan fingerprint density at radius 3 is 2.43 bits per heavy atom. The van der Waals surface area contributed by atoms with Crippen LogP contribution in [0.1, 0.15) is 18.0 Å². The molecule has 0 heterocycles. The summed E-state index contributed by atoms with van der Waals surface area (Å²) in [5.74, 6) is -1.08. The van der Waals surface area contributed by atoms with Gasteiger partial charge in [-0.15, -0.1) is 0 Å². The number of fused-ring (bicyclic) bond motifs is 1. The number of alkyl halides is 3. The summed E-state index contributed by atoms with van der Waals surface area (Å²) in [6.07, 6.45) is -6.02. The molecular formula is C15H15F3N2O. The second-order valence-corrected chi connectivity index (χ2v) is 4.75. The summed E-state index contributed by atoms with van der Waals surface area (Å²) in [6, 6.07) is 12.4. The maximum absolute atomic E-state index is 12.2. The van der Waals surface area contributed by atoms with Crippen LogP contribution in [0.2, 0.25) is 0 Å². The van der Waals surface area contributed by atoms with E-state index in [2.05, 4.69) is 5.32 Å². The normalized spacial score (nSPS) is 13.1. The average Bonchev–Trinajstić information content (AvgIpc) is 2.42. The molecule has 0 aromatic heterocycles. The summed E-state index contributed by atoms with van der Waals surface area (Å²) in [5, 5.41) is 4.28. The monoisotopic (exact) mass is 296 g/mol. The van der Waals surface area contributed by atoms with Gasteiger partial charge in [-0.1, -0.05) is 36.4 Å². The summed E-state index contributed by atoms with van der Waals surface area (Å²) < 4.78 is 36.5. The fourth-order valence-corrected chi connectivity index (χ4v) is 2.13. The first-order valence-electron chi connectivity index (χ1n) is 6.44. The van der Waals surface area contributed by atoms with Gasteiger partial charge in [-0.2, -0.15) is 13.2 Å². The number of amides is 1. The molecule has 1 amide bonds. The lowest BCUT2D eigenvalue weighted by Crippen LogP contribution is -2.35. The molecule has 0 saturated carbocycles. The Balaban J connectivity index is 2.17. The van der Waals surface area contributed by atoms with Crippen molar-refractivity contribution < 1.29 is 18.0 Å². The summed E-state index contributed by atoms with van der Waals surface area (Å²) in [6.45, 7) is 0.0297. The lowest BCUT2D eigenvalue weighted by Gasteiger charge is -2.18. The Bertz CT molecular complexity index is 640. The smallest absolute Gasteiger partial charge is 0.348 e. The minimum atomic E-state index is -4.52. The highest BCUT2D eigenvalue weighted by molar-refractivity contribution is 5.83. The van der Waals surface area contributed by atoms with Crippen molar-refractivity contribution in [3.05, 3.63) is 48.0 Å². The second kappa shape index (κ2) is 6.13. The third-order valence-electron chi connectivity index (χ3n) is 3.11. The van der Waals surface area contributed by atoms with E-state index in [-0.39, 0.29) is 6.54 Å². The summed E-state index contributed by atoms with van der Waals surface area (Å²) >= 11 is 0. The molecule has 1 atom stereocenters. The quantitative estimate of drug-likeness (QED) is 0.911. The molecule has 0 aliphatic carbocycles. The Morgan fingerprint density at radius 2 is 1.81 bits per heavy atom. The molecule has 0 aliphatic rings. The number of rotatable bonds is 4. The largest absolute Gasteiger partial charge is 0.397 e. The van der Waals surface area contributed by atoms with Crippen LogP contribution >= 0.6 is 0 Å². The summed E-state index contributed by atoms with van der Waals surface area (Å²) in [5.41, 5.74) is 6.25. The van der Waals surface area contributed by atoms with E-state index >= 15 is 0 Å². The van der Waals surface area contributed by atoms with Crippen LogP contribution in [-0.4, -0.2) is 18.6 Å². The van der Waals surface area contributed by atoms with E-state index < -0.39 is 24.5 Å². The van der Waals surface area contributed by atoms with Crippen molar-refractivity contribution in [1.82, 2.24) is 5.32 Å². The molecule has 0 fully saturated rings. The minimum Gasteiger partial charge on any atom is -0.348 e.